The average molecular weight is 513 g/mol. The van der Waals surface area contributed by atoms with Gasteiger partial charge in [-0.15, -0.1) is 0 Å². The molecular formula is C29H33FO7. The van der Waals surface area contributed by atoms with Gasteiger partial charge >= 0.3 is 5.97 Å². The molecule has 0 amide bonds. The van der Waals surface area contributed by atoms with Gasteiger partial charge < -0.3 is 20.1 Å². The Bertz CT molecular complexity index is 1240. The normalized spacial score (nSPS) is 42.3. The highest BCUT2D eigenvalue weighted by atomic mass is 19.1. The van der Waals surface area contributed by atoms with Gasteiger partial charge in [0, 0.05) is 22.7 Å². The Morgan fingerprint density at radius 3 is 2.57 bits per heavy atom. The third-order valence-corrected chi connectivity index (χ3v) is 10.1. The van der Waals surface area contributed by atoms with Gasteiger partial charge in [0.2, 0.25) is 5.78 Å². The number of ether oxygens (including phenoxy) is 1. The van der Waals surface area contributed by atoms with Crippen LogP contribution in [0, 0.1) is 28.6 Å². The molecule has 8 atom stereocenters. The highest BCUT2D eigenvalue weighted by molar-refractivity contribution is 6.01. The van der Waals surface area contributed by atoms with Gasteiger partial charge in [-0.2, -0.15) is 0 Å². The second-order valence-corrected chi connectivity index (χ2v) is 11.6. The number of aromatic hydroxyl groups is 1. The van der Waals surface area contributed by atoms with Crippen molar-refractivity contribution >= 4 is 17.5 Å². The van der Waals surface area contributed by atoms with Crippen molar-refractivity contribution in [2.45, 2.75) is 63.8 Å². The summed E-state index contributed by atoms with van der Waals surface area (Å²) in [6.07, 6.45) is 3.84. The number of fused-ring (bicyclic) bond motifs is 5. The van der Waals surface area contributed by atoms with Gasteiger partial charge in [-0.05, 0) is 62.8 Å². The Labute approximate surface area is 215 Å². The number of carbonyl (C=O) groups is 3. The molecule has 5 rings (SSSR count). The fraction of sp³-hybridized carbons (Fsp3) is 0.552. The molecule has 0 unspecified atom stereocenters. The smallest absolute Gasteiger partial charge is 0.342 e. The number of carbonyl (C=O) groups excluding carboxylic acids is 3. The van der Waals surface area contributed by atoms with Crippen LogP contribution in [0.4, 0.5) is 4.39 Å². The van der Waals surface area contributed by atoms with Crippen molar-refractivity contribution in [3.8, 4) is 5.75 Å². The lowest BCUT2D eigenvalue weighted by atomic mass is 9.44. The zero-order valence-corrected chi connectivity index (χ0v) is 21.2. The molecule has 0 saturated heterocycles. The van der Waals surface area contributed by atoms with E-state index in [9.17, 15) is 29.7 Å². The van der Waals surface area contributed by atoms with Gasteiger partial charge in [-0.3, -0.25) is 9.59 Å². The van der Waals surface area contributed by atoms with Crippen LogP contribution in [0.2, 0.25) is 0 Å². The summed E-state index contributed by atoms with van der Waals surface area (Å²) in [4.78, 5) is 38.9. The summed E-state index contributed by atoms with van der Waals surface area (Å²) in [6, 6.07) is 5.81. The van der Waals surface area contributed by atoms with E-state index in [0.29, 0.717) is 24.8 Å². The predicted molar refractivity (Wildman–Crippen MR) is 131 cm³/mol. The number of aliphatic hydroxyl groups excluding tert-OH is 2. The van der Waals surface area contributed by atoms with Gasteiger partial charge in [0.25, 0.3) is 0 Å². The molecule has 3 fully saturated rings. The highest BCUT2D eigenvalue weighted by Crippen LogP contribution is 2.71. The van der Waals surface area contributed by atoms with Crippen molar-refractivity contribution in [1.82, 2.24) is 0 Å². The maximum Gasteiger partial charge on any atom is 0.342 e. The van der Waals surface area contributed by atoms with Crippen LogP contribution in [0.15, 0.2) is 48.1 Å². The summed E-state index contributed by atoms with van der Waals surface area (Å²) in [5.74, 6) is -3.86. The molecule has 4 aliphatic carbocycles. The third-order valence-electron chi connectivity index (χ3n) is 10.1. The summed E-state index contributed by atoms with van der Waals surface area (Å²) >= 11 is 0. The first-order chi connectivity index (χ1) is 17.4. The molecule has 198 valence electrons. The minimum atomic E-state index is -2.10. The summed E-state index contributed by atoms with van der Waals surface area (Å²) in [5, 5.41) is 31.8. The number of benzene rings is 1. The molecule has 3 saturated carbocycles. The number of aliphatic hydroxyl groups is 2. The van der Waals surface area contributed by atoms with Crippen LogP contribution < -0.4 is 0 Å². The monoisotopic (exact) mass is 512 g/mol. The van der Waals surface area contributed by atoms with E-state index in [4.69, 9.17) is 4.74 Å². The molecule has 0 spiro atoms. The average Bonchev–Trinajstić information content (AvgIpc) is 3.07. The van der Waals surface area contributed by atoms with E-state index in [1.165, 1.54) is 24.3 Å². The molecule has 4 aliphatic rings. The maximum absolute atomic E-state index is 17.4. The molecule has 7 nitrogen and oxygen atoms in total. The SMILES string of the molecule is C[C@H]1C[C@H]2[C@@H]3CCC4=CC(=O)C=C[C@]4(C)[C@@]3(F)[C@@H](O)C[C@]2(C)[C@@]1(OC(=O)c1ccccc1O)C(=O)CO. The highest BCUT2D eigenvalue weighted by Gasteiger charge is 2.77. The second-order valence-electron chi connectivity index (χ2n) is 11.6. The van der Waals surface area contributed by atoms with Crippen LogP contribution in [0.5, 0.6) is 5.75 Å². The van der Waals surface area contributed by atoms with E-state index < -0.39 is 64.3 Å². The zero-order chi connectivity index (χ0) is 27.0. The molecule has 8 heteroatoms. The van der Waals surface area contributed by atoms with Crippen LogP contribution in [0.25, 0.3) is 0 Å². The van der Waals surface area contributed by atoms with E-state index in [0.717, 1.165) is 0 Å². The lowest BCUT2D eigenvalue weighted by Crippen LogP contribution is -2.70. The number of phenolic OH excluding ortho intramolecular Hbond substituents is 1. The minimum absolute atomic E-state index is 0.125. The lowest BCUT2D eigenvalue weighted by molar-refractivity contribution is -0.219. The van der Waals surface area contributed by atoms with Crippen LogP contribution in [0.3, 0.4) is 0 Å². The fourth-order valence-corrected chi connectivity index (χ4v) is 8.36. The molecule has 0 radical (unpaired) electrons. The van der Waals surface area contributed by atoms with Gasteiger partial charge in [-0.25, -0.2) is 9.18 Å². The molecule has 0 heterocycles. The van der Waals surface area contributed by atoms with Crippen molar-refractivity contribution < 1.29 is 38.8 Å². The molecule has 37 heavy (non-hydrogen) atoms. The van der Waals surface area contributed by atoms with Crippen molar-refractivity contribution in [1.29, 1.82) is 0 Å². The van der Waals surface area contributed by atoms with E-state index in [1.54, 1.807) is 39.0 Å². The number of rotatable bonds is 4. The first kappa shape index (κ1) is 25.8. The first-order valence-electron chi connectivity index (χ1n) is 12.8. The van der Waals surface area contributed by atoms with Gasteiger partial charge in [0.1, 0.15) is 17.9 Å². The van der Waals surface area contributed by atoms with Crippen molar-refractivity contribution in [2.75, 3.05) is 6.61 Å². The number of halogens is 1. The number of hydrogen-bond acceptors (Lipinski definition) is 7. The molecule has 1 aromatic rings. The largest absolute Gasteiger partial charge is 0.507 e. The van der Waals surface area contributed by atoms with Crippen molar-refractivity contribution in [3.05, 3.63) is 53.6 Å². The Balaban J connectivity index is 1.61. The standard InChI is InChI=1S/C29H33FO7/c1-16-12-21-20-9-8-17-13-18(32)10-11-26(17,2)28(20,30)23(34)14-27(21,3)29(16,24(35)15-31)37-25(36)19-6-4-5-7-22(19)33/h4-7,10-11,13,16,20-21,23,31,33-34H,8-9,12,14-15H2,1-3H3/t16-,20-,21-,23-,26-,27-,28-,29-/m0/s1. The van der Waals surface area contributed by atoms with Crippen molar-refractivity contribution in [3.63, 3.8) is 0 Å². The molecule has 0 aromatic heterocycles. The minimum Gasteiger partial charge on any atom is -0.507 e. The van der Waals surface area contributed by atoms with Crippen LogP contribution in [-0.2, 0) is 14.3 Å². The first-order valence-corrected chi connectivity index (χ1v) is 12.8. The Kier molecular flexibility index (Phi) is 5.81. The number of ketones is 2. The van der Waals surface area contributed by atoms with E-state index >= 15 is 4.39 Å². The quantitative estimate of drug-likeness (QED) is 0.528. The topological polar surface area (TPSA) is 121 Å². The van der Waals surface area contributed by atoms with Crippen LogP contribution >= 0.6 is 0 Å². The molecular weight excluding hydrogens is 479 g/mol. The second kappa shape index (κ2) is 8.33. The Hall–Kier alpha value is -2.84. The van der Waals surface area contributed by atoms with E-state index in [-0.39, 0.29) is 23.5 Å². The third kappa shape index (κ3) is 3.15. The van der Waals surface area contributed by atoms with Gasteiger partial charge in [0.05, 0.1) is 6.10 Å². The Morgan fingerprint density at radius 2 is 1.89 bits per heavy atom. The number of phenols is 1. The number of para-hydroxylation sites is 1. The van der Waals surface area contributed by atoms with Crippen LogP contribution in [0.1, 0.15) is 56.8 Å². The maximum atomic E-state index is 17.4. The molecule has 3 N–H and O–H groups in total. The summed E-state index contributed by atoms with van der Waals surface area (Å²) in [6.45, 7) is 4.31. The van der Waals surface area contributed by atoms with Crippen molar-refractivity contribution in [2.24, 2.45) is 28.6 Å². The van der Waals surface area contributed by atoms with Gasteiger partial charge in [0.15, 0.2) is 17.1 Å². The number of alkyl halides is 1. The predicted octanol–water partition coefficient (Wildman–Crippen LogP) is 3.47. The molecule has 1 aromatic carbocycles. The number of esters is 1. The summed E-state index contributed by atoms with van der Waals surface area (Å²) in [5.41, 5.74) is -5.78. The van der Waals surface area contributed by atoms with Gasteiger partial charge in [-0.1, -0.05) is 37.6 Å². The van der Waals surface area contributed by atoms with Crippen LogP contribution in [-0.4, -0.2) is 56.8 Å². The summed E-state index contributed by atoms with van der Waals surface area (Å²) in [7, 11) is 0. The Morgan fingerprint density at radius 1 is 1.19 bits per heavy atom. The molecule has 0 bridgehead atoms. The number of allylic oxidation sites excluding steroid dienone is 4. The number of hydrogen-bond donors (Lipinski definition) is 3. The van der Waals surface area contributed by atoms with E-state index in [1.807, 2.05) is 0 Å². The number of Topliss-reactive ketones (excluding diaryl/α,β-unsaturated/α-hetero) is 1. The lowest BCUT2D eigenvalue weighted by Gasteiger charge is -2.62. The van der Waals surface area contributed by atoms with E-state index in [2.05, 4.69) is 0 Å². The fourth-order valence-electron chi connectivity index (χ4n) is 8.36. The molecule has 0 aliphatic heterocycles. The summed E-state index contributed by atoms with van der Waals surface area (Å²) < 4.78 is 23.4. The zero-order valence-electron chi connectivity index (χ0n) is 21.2.